The Morgan fingerprint density at radius 3 is 2.67 bits per heavy atom. The number of methoxy groups -OCH3 is 1. The zero-order valence-corrected chi connectivity index (χ0v) is 12.2. The van der Waals surface area contributed by atoms with Gasteiger partial charge in [0, 0.05) is 11.8 Å². The van der Waals surface area contributed by atoms with E-state index in [0.717, 1.165) is 16.3 Å². The second-order valence-corrected chi connectivity index (χ2v) is 5.18. The zero-order valence-electron chi connectivity index (χ0n) is 11.4. The lowest BCUT2D eigenvalue weighted by atomic mass is 10.2. The molecule has 0 unspecified atom stereocenters. The molecule has 5 nitrogen and oxygen atoms in total. The van der Waals surface area contributed by atoms with E-state index in [-0.39, 0.29) is 0 Å². The van der Waals surface area contributed by atoms with Crippen molar-refractivity contribution >= 4 is 11.8 Å². The number of ether oxygens (including phenoxy) is 1. The molecule has 3 rings (SSSR count). The van der Waals surface area contributed by atoms with Crippen LogP contribution in [-0.2, 0) is 5.75 Å². The van der Waals surface area contributed by atoms with Gasteiger partial charge in [0.25, 0.3) is 0 Å². The van der Waals surface area contributed by atoms with Crippen LogP contribution in [-0.4, -0.2) is 22.3 Å². The first-order valence-corrected chi connectivity index (χ1v) is 7.34. The van der Waals surface area contributed by atoms with Crippen LogP contribution >= 0.6 is 11.8 Å². The highest BCUT2D eigenvalue weighted by atomic mass is 32.2. The Morgan fingerprint density at radius 1 is 1.10 bits per heavy atom. The predicted molar refractivity (Wildman–Crippen MR) is 80.1 cm³/mol. The Labute approximate surface area is 126 Å². The first-order chi connectivity index (χ1) is 10.3. The number of hydrogen-bond acceptors (Lipinski definition) is 6. The van der Waals surface area contributed by atoms with E-state index in [9.17, 15) is 0 Å². The molecular weight excluding hydrogens is 286 g/mol. The maximum atomic E-state index is 5.65. The van der Waals surface area contributed by atoms with E-state index in [0.29, 0.717) is 17.5 Å². The fraction of sp³-hybridized carbons (Fsp3) is 0.133. The van der Waals surface area contributed by atoms with Crippen LogP contribution in [0.1, 0.15) is 5.89 Å². The average molecular weight is 299 g/mol. The summed E-state index contributed by atoms with van der Waals surface area (Å²) in [6.45, 7) is 0. The molecule has 0 amide bonds. The number of hydrogen-bond donors (Lipinski definition) is 0. The molecule has 0 bridgehead atoms. The Kier molecular flexibility index (Phi) is 4.16. The molecule has 2 heterocycles. The van der Waals surface area contributed by atoms with Crippen LogP contribution < -0.4 is 4.74 Å². The van der Waals surface area contributed by atoms with Gasteiger partial charge in [-0.05, 0) is 36.4 Å². The summed E-state index contributed by atoms with van der Waals surface area (Å²) < 4.78 is 10.8. The molecule has 0 N–H and O–H groups in total. The molecule has 3 aromatic rings. The molecular formula is C15H13N3O2S. The largest absolute Gasteiger partial charge is 0.497 e. The van der Waals surface area contributed by atoms with Crippen LogP contribution in [0.25, 0.3) is 11.5 Å². The molecule has 0 aliphatic rings. The van der Waals surface area contributed by atoms with Gasteiger partial charge in [0.2, 0.25) is 11.8 Å². The molecule has 0 aliphatic carbocycles. The fourth-order valence-electron chi connectivity index (χ4n) is 1.73. The van der Waals surface area contributed by atoms with Gasteiger partial charge in [-0.1, -0.05) is 17.8 Å². The summed E-state index contributed by atoms with van der Waals surface area (Å²) in [6.07, 6.45) is 1.76. The van der Waals surface area contributed by atoms with Crippen molar-refractivity contribution in [1.82, 2.24) is 15.2 Å². The van der Waals surface area contributed by atoms with E-state index in [1.165, 1.54) is 0 Å². The highest BCUT2D eigenvalue weighted by molar-refractivity contribution is 7.98. The summed E-state index contributed by atoms with van der Waals surface area (Å²) >= 11 is 1.56. The summed E-state index contributed by atoms with van der Waals surface area (Å²) in [6, 6.07) is 13.3. The van der Waals surface area contributed by atoms with Crippen LogP contribution in [0, 0.1) is 0 Å². The van der Waals surface area contributed by atoms with Crippen molar-refractivity contribution in [3.8, 4) is 17.2 Å². The van der Waals surface area contributed by atoms with Gasteiger partial charge in [-0.2, -0.15) is 0 Å². The van der Waals surface area contributed by atoms with E-state index < -0.39 is 0 Å². The summed E-state index contributed by atoms with van der Waals surface area (Å²) in [5.41, 5.74) is 0.873. The highest BCUT2D eigenvalue weighted by Crippen LogP contribution is 2.24. The van der Waals surface area contributed by atoms with Crippen molar-refractivity contribution in [2.45, 2.75) is 10.8 Å². The monoisotopic (exact) mass is 299 g/mol. The number of nitrogens with zero attached hydrogens (tertiary/aromatic N) is 3. The van der Waals surface area contributed by atoms with E-state index in [1.807, 2.05) is 42.5 Å². The minimum Gasteiger partial charge on any atom is -0.497 e. The molecule has 0 saturated heterocycles. The zero-order chi connectivity index (χ0) is 14.5. The topological polar surface area (TPSA) is 61.0 Å². The number of pyridine rings is 1. The van der Waals surface area contributed by atoms with Gasteiger partial charge in [0.15, 0.2) is 0 Å². The number of benzene rings is 1. The van der Waals surface area contributed by atoms with E-state index in [4.69, 9.17) is 9.15 Å². The van der Waals surface area contributed by atoms with Gasteiger partial charge in [-0.25, -0.2) is 4.98 Å². The normalized spacial score (nSPS) is 10.5. The number of aromatic nitrogens is 3. The quantitative estimate of drug-likeness (QED) is 0.673. The van der Waals surface area contributed by atoms with Crippen molar-refractivity contribution in [2.24, 2.45) is 0 Å². The summed E-state index contributed by atoms with van der Waals surface area (Å²) in [5, 5.41) is 9.05. The van der Waals surface area contributed by atoms with E-state index >= 15 is 0 Å². The third kappa shape index (κ3) is 3.41. The Bertz CT molecular complexity index is 698. The lowest BCUT2D eigenvalue weighted by Gasteiger charge is -1.99. The maximum Gasteiger partial charge on any atom is 0.247 e. The van der Waals surface area contributed by atoms with Crippen molar-refractivity contribution in [2.75, 3.05) is 7.11 Å². The number of rotatable bonds is 5. The molecule has 21 heavy (non-hydrogen) atoms. The lowest BCUT2D eigenvalue weighted by molar-refractivity contribution is 0.415. The molecule has 0 aliphatic heterocycles. The van der Waals surface area contributed by atoms with E-state index in [1.54, 1.807) is 25.1 Å². The first-order valence-electron chi connectivity index (χ1n) is 6.36. The Balaban J connectivity index is 1.68. The lowest BCUT2D eigenvalue weighted by Crippen LogP contribution is -1.82. The minimum absolute atomic E-state index is 0.509. The Hall–Kier alpha value is -2.34. The third-order valence-corrected chi connectivity index (χ3v) is 3.71. The molecule has 0 saturated carbocycles. The van der Waals surface area contributed by atoms with Gasteiger partial charge in [-0.3, -0.25) is 0 Å². The van der Waals surface area contributed by atoms with Crippen LogP contribution in [0.5, 0.6) is 5.75 Å². The van der Waals surface area contributed by atoms with Gasteiger partial charge in [-0.15, -0.1) is 10.2 Å². The minimum atomic E-state index is 0.509. The molecule has 0 atom stereocenters. The van der Waals surface area contributed by atoms with Crippen molar-refractivity contribution in [1.29, 1.82) is 0 Å². The van der Waals surface area contributed by atoms with E-state index in [2.05, 4.69) is 15.2 Å². The van der Waals surface area contributed by atoms with Crippen LogP contribution in [0.2, 0.25) is 0 Å². The SMILES string of the molecule is COc1ccc(-c2nnc(CSc3ccccn3)o2)cc1. The molecule has 0 spiro atoms. The fourth-order valence-corrected chi connectivity index (χ4v) is 2.43. The summed E-state index contributed by atoms with van der Waals surface area (Å²) in [5.74, 6) is 2.48. The molecule has 6 heteroatoms. The van der Waals surface area contributed by atoms with Gasteiger partial charge in [0.05, 0.1) is 17.9 Å². The summed E-state index contributed by atoms with van der Waals surface area (Å²) in [7, 11) is 1.63. The maximum absolute atomic E-state index is 5.65. The van der Waals surface area contributed by atoms with Crippen LogP contribution in [0.4, 0.5) is 0 Å². The van der Waals surface area contributed by atoms with Crippen molar-refractivity contribution in [3.63, 3.8) is 0 Å². The molecule has 1 aromatic carbocycles. The van der Waals surface area contributed by atoms with Crippen LogP contribution in [0.15, 0.2) is 58.1 Å². The van der Waals surface area contributed by atoms with Gasteiger partial charge in [0.1, 0.15) is 5.75 Å². The molecule has 106 valence electrons. The van der Waals surface area contributed by atoms with Crippen LogP contribution in [0.3, 0.4) is 0 Å². The number of thioether (sulfide) groups is 1. The van der Waals surface area contributed by atoms with Crippen molar-refractivity contribution < 1.29 is 9.15 Å². The summed E-state index contributed by atoms with van der Waals surface area (Å²) in [4.78, 5) is 4.24. The van der Waals surface area contributed by atoms with Crippen molar-refractivity contribution in [3.05, 3.63) is 54.6 Å². The molecule has 2 aromatic heterocycles. The Morgan fingerprint density at radius 2 is 1.95 bits per heavy atom. The second kappa shape index (κ2) is 6.41. The highest BCUT2D eigenvalue weighted by Gasteiger charge is 2.09. The third-order valence-electron chi connectivity index (χ3n) is 2.79. The van der Waals surface area contributed by atoms with Gasteiger partial charge >= 0.3 is 0 Å². The molecule has 0 radical (unpaired) electrons. The van der Waals surface area contributed by atoms with Gasteiger partial charge < -0.3 is 9.15 Å². The first kappa shape index (κ1) is 13.6. The predicted octanol–water partition coefficient (Wildman–Crippen LogP) is 3.43. The second-order valence-electron chi connectivity index (χ2n) is 4.19. The molecule has 0 fully saturated rings. The smallest absolute Gasteiger partial charge is 0.247 e. The standard InChI is InChI=1S/C15H13N3O2S/c1-19-12-7-5-11(6-8-12)15-18-17-13(20-15)10-21-14-4-2-3-9-16-14/h2-9H,10H2,1H3. The average Bonchev–Trinajstić information content (AvgIpc) is 3.03.